The van der Waals surface area contributed by atoms with Crippen LogP contribution in [0.1, 0.15) is 40.5 Å². The lowest BCUT2D eigenvalue weighted by atomic mass is 9.88. The number of ether oxygens (including phenoxy) is 1. The molecule has 0 aromatic rings. The molecule has 0 aromatic carbocycles. The van der Waals surface area contributed by atoms with Crippen LogP contribution in [-0.2, 0) is 9.53 Å². The van der Waals surface area contributed by atoms with E-state index in [0.717, 1.165) is 45.1 Å². The highest BCUT2D eigenvalue weighted by molar-refractivity contribution is 14.0. The fraction of sp³-hybridized carbons (Fsp3) is 0.895. The summed E-state index contributed by atoms with van der Waals surface area (Å²) in [6.45, 7) is 11.9. The fourth-order valence-electron chi connectivity index (χ4n) is 4.42. The van der Waals surface area contributed by atoms with Gasteiger partial charge in [0.25, 0.3) is 0 Å². The predicted octanol–water partition coefficient (Wildman–Crippen LogP) is 1.62. The summed E-state index contributed by atoms with van der Waals surface area (Å²) in [6, 6.07) is 0.203. The minimum atomic E-state index is -0.223. The smallest absolute Gasteiger partial charge is 0.242 e. The molecule has 0 spiro atoms. The number of piperazine rings is 1. The predicted molar refractivity (Wildman–Crippen MR) is 121 cm³/mol. The Bertz CT molecular complexity index is 530. The van der Waals surface area contributed by atoms with Crippen molar-refractivity contribution in [1.29, 1.82) is 0 Å². The van der Waals surface area contributed by atoms with Crippen molar-refractivity contribution in [2.45, 2.75) is 57.7 Å². The van der Waals surface area contributed by atoms with Crippen molar-refractivity contribution in [3.05, 3.63) is 0 Å². The molecule has 7 nitrogen and oxygen atoms in total. The van der Waals surface area contributed by atoms with Crippen LogP contribution in [0.4, 0.5) is 0 Å². The van der Waals surface area contributed by atoms with E-state index < -0.39 is 0 Å². The van der Waals surface area contributed by atoms with Gasteiger partial charge in [-0.2, -0.15) is 0 Å². The van der Waals surface area contributed by atoms with E-state index >= 15 is 0 Å². The van der Waals surface area contributed by atoms with Gasteiger partial charge in [0.2, 0.25) is 5.91 Å². The Morgan fingerprint density at radius 3 is 2.33 bits per heavy atom. The van der Waals surface area contributed by atoms with Crippen LogP contribution in [0.5, 0.6) is 0 Å². The van der Waals surface area contributed by atoms with Gasteiger partial charge >= 0.3 is 0 Å². The Kier molecular flexibility index (Phi) is 8.81. The molecule has 2 rings (SSSR count). The summed E-state index contributed by atoms with van der Waals surface area (Å²) in [4.78, 5) is 23.6. The molecule has 0 aromatic heterocycles. The van der Waals surface area contributed by atoms with Gasteiger partial charge in [-0.1, -0.05) is 0 Å². The van der Waals surface area contributed by atoms with Gasteiger partial charge in [-0.25, -0.2) is 0 Å². The Labute approximate surface area is 181 Å². The van der Waals surface area contributed by atoms with Gasteiger partial charge in [-0.3, -0.25) is 9.79 Å². The van der Waals surface area contributed by atoms with Crippen molar-refractivity contribution < 1.29 is 9.53 Å². The maximum Gasteiger partial charge on any atom is 0.242 e. The number of carbonyl (C=O) groups excluding carboxylic acids is 1. The minimum Gasteiger partial charge on any atom is -0.381 e. The molecule has 8 heteroatoms. The van der Waals surface area contributed by atoms with Crippen molar-refractivity contribution in [3.8, 4) is 0 Å². The summed E-state index contributed by atoms with van der Waals surface area (Å²) in [5.41, 5.74) is -0.160. The number of nitrogens with one attached hydrogen (secondary N) is 1. The first-order valence-corrected chi connectivity index (χ1v) is 9.66. The number of hydrogen-bond donors (Lipinski definition) is 1. The number of carbonyl (C=O) groups is 1. The van der Waals surface area contributed by atoms with Crippen molar-refractivity contribution in [1.82, 2.24) is 20.0 Å². The van der Waals surface area contributed by atoms with E-state index in [4.69, 9.17) is 4.74 Å². The third-order valence-corrected chi connectivity index (χ3v) is 5.80. The lowest BCUT2D eigenvalue weighted by Crippen LogP contribution is -2.67. The van der Waals surface area contributed by atoms with Crippen molar-refractivity contribution in [2.75, 3.05) is 54.0 Å². The first kappa shape index (κ1) is 24.4. The largest absolute Gasteiger partial charge is 0.381 e. The Hall–Kier alpha value is -0.610. The lowest BCUT2D eigenvalue weighted by molar-refractivity contribution is -0.145. The third kappa shape index (κ3) is 5.47. The third-order valence-electron chi connectivity index (χ3n) is 5.80. The molecule has 1 N–H and O–H groups in total. The number of nitrogens with zero attached hydrogens (tertiary/aromatic N) is 4. The Morgan fingerprint density at radius 2 is 1.89 bits per heavy atom. The van der Waals surface area contributed by atoms with Gasteiger partial charge in [0.1, 0.15) is 0 Å². The summed E-state index contributed by atoms with van der Waals surface area (Å²) in [5.74, 6) is 0.968. The van der Waals surface area contributed by atoms with Crippen molar-refractivity contribution in [2.24, 2.45) is 4.99 Å². The quantitative estimate of drug-likeness (QED) is 0.365. The molecule has 0 unspecified atom stereocenters. The summed E-state index contributed by atoms with van der Waals surface area (Å²) in [5, 5.41) is 3.54. The van der Waals surface area contributed by atoms with Crippen LogP contribution < -0.4 is 5.32 Å². The van der Waals surface area contributed by atoms with Crippen LogP contribution >= 0.6 is 24.0 Å². The molecule has 0 atom stereocenters. The normalized spacial score (nSPS) is 22.9. The highest BCUT2D eigenvalue weighted by atomic mass is 127. The molecule has 2 aliphatic heterocycles. The summed E-state index contributed by atoms with van der Waals surface area (Å²) in [6.07, 6.45) is 1.99. The molecular formula is C19H38IN5O2. The van der Waals surface area contributed by atoms with Gasteiger partial charge in [-0.15, -0.1) is 24.0 Å². The van der Waals surface area contributed by atoms with Crippen LogP contribution in [0.2, 0.25) is 0 Å². The second-order valence-corrected chi connectivity index (χ2v) is 8.66. The second-order valence-electron chi connectivity index (χ2n) is 8.66. The van der Waals surface area contributed by atoms with Gasteiger partial charge in [0.05, 0.1) is 12.1 Å². The van der Waals surface area contributed by atoms with E-state index in [0.29, 0.717) is 6.54 Å². The first-order valence-electron chi connectivity index (χ1n) is 9.66. The number of amides is 1. The molecule has 2 aliphatic rings. The fourth-order valence-corrected chi connectivity index (χ4v) is 4.42. The van der Waals surface area contributed by atoms with Crippen LogP contribution in [0, 0.1) is 0 Å². The zero-order chi connectivity index (χ0) is 19.5. The van der Waals surface area contributed by atoms with Crippen molar-refractivity contribution >= 4 is 35.8 Å². The van der Waals surface area contributed by atoms with E-state index in [2.05, 4.69) is 61.9 Å². The molecular weight excluding hydrogens is 457 g/mol. The van der Waals surface area contributed by atoms with Gasteiger partial charge in [0, 0.05) is 44.9 Å². The van der Waals surface area contributed by atoms with Crippen LogP contribution in [0.25, 0.3) is 0 Å². The monoisotopic (exact) mass is 495 g/mol. The molecule has 2 saturated heterocycles. The van der Waals surface area contributed by atoms with E-state index in [1.807, 2.05) is 4.90 Å². The van der Waals surface area contributed by atoms with Gasteiger partial charge in [0.15, 0.2) is 5.96 Å². The molecule has 0 bridgehead atoms. The highest BCUT2D eigenvalue weighted by Gasteiger charge is 2.41. The molecule has 27 heavy (non-hydrogen) atoms. The zero-order valence-corrected chi connectivity index (χ0v) is 20.4. The van der Waals surface area contributed by atoms with E-state index in [1.165, 1.54) is 0 Å². The number of guanidine groups is 1. The molecule has 2 heterocycles. The minimum absolute atomic E-state index is 0. The lowest BCUT2D eigenvalue weighted by Gasteiger charge is -2.50. The number of rotatable bonds is 4. The number of aliphatic imine (C=N–C) groups is 1. The van der Waals surface area contributed by atoms with E-state index in [-0.39, 0.29) is 47.0 Å². The van der Waals surface area contributed by atoms with E-state index in [1.54, 1.807) is 7.05 Å². The molecule has 1 amide bonds. The SMILES string of the molecule is CN=C(NCC1(N(C)C)CCOCC1)N1CC(=O)N(C(C)C)C(C)(C)C1.I. The number of hydrogen-bond acceptors (Lipinski definition) is 4. The highest BCUT2D eigenvalue weighted by Crippen LogP contribution is 2.26. The van der Waals surface area contributed by atoms with Crippen LogP contribution in [-0.4, -0.2) is 97.7 Å². The van der Waals surface area contributed by atoms with E-state index in [9.17, 15) is 4.79 Å². The van der Waals surface area contributed by atoms with Gasteiger partial charge in [-0.05, 0) is 54.6 Å². The molecule has 0 saturated carbocycles. The summed E-state index contributed by atoms with van der Waals surface area (Å²) < 4.78 is 5.55. The number of likely N-dealkylation sites (N-methyl/N-ethyl adjacent to an activating group) is 1. The molecule has 158 valence electrons. The topological polar surface area (TPSA) is 60.4 Å². The zero-order valence-electron chi connectivity index (χ0n) is 18.0. The Morgan fingerprint density at radius 1 is 1.30 bits per heavy atom. The molecule has 0 aliphatic carbocycles. The average Bonchev–Trinajstić information content (AvgIpc) is 2.54. The first-order chi connectivity index (χ1) is 12.1. The Balaban J connectivity index is 0.00000364. The summed E-state index contributed by atoms with van der Waals surface area (Å²) >= 11 is 0. The van der Waals surface area contributed by atoms with Crippen LogP contribution in [0.15, 0.2) is 4.99 Å². The average molecular weight is 495 g/mol. The maximum absolute atomic E-state index is 12.7. The molecule has 2 fully saturated rings. The molecule has 0 radical (unpaired) electrons. The standard InChI is InChI=1S/C19H37N5O2.HI/c1-15(2)24-16(25)12-23(14-18(24,3)4)17(20-5)21-13-19(22(6)7)8-10-26-11-9-19;/h15H,8-14H2,1-7H3,(H,20,21);1H. The summed E-state index contributed by atoms with van der Waals surface area (Å²) in [7, 11) is 6.05. The van der Waals surface area contributed by atoms with Crippen molar-refractivity contribution in [3.63, 3.8) is 0 Å². The second kappa shape index (κ2) is 9.73. The number of halogens is 1. The van der Waals surface area contributed by atoms with Crippen LogP contribution in [0.3, 0.4) is 0 Å². The maximum atomic E-state index is 12.7. The van der Waals surface area contributed by atoms with Gasteiger partial charge < -0.3 is 24.8 Å².